The highest BCUT2D eigenvalue weighted by atomic mass is 16.4. The predicted octanol–water partition coefficient (Wildman–Crippen LogP) is 2.18. The van der Waals surface area contributed by atoms with Crippen molar-refractivity contribution in [3.05, 3.63) is 65.8 Å². The molecule has 0 bridgehead atoms. The molecular weight excluding hydrogens is 214 g/mol. The van der Waals surface area contributed by atoms with Crippen LogP contribution in [0.25, 0.3) is 5.57 Å². The number of oxime groups is 1. The van der Waals surface area contributed by atoms with Crippen LogP contribution in [0.5, 0.6) is 0 Å². The molecule has 0 heterocycles. The minimum atomic E-state index is 0. The molecule has 0 amide bonds. The van der Waals surface area contributed by atoms with Crippen molar-refractivity contribution in [2.45, 2.75) is 0 Å². The van der Waals surface area contributed by atoms with E-state index in [4.69, 9.17) is 5.21 Å². The van der Waals surface area contributed by atoms with E-state index in [1.54, 1.807) is 0 Å². The number of fused-ring (bicyclic) bond motifs is 3. The lowest BCUT2D eigenvalue weighted by molar-refractivity contribution is 0.317. The number of nitrogens with zero attached hydrogens (tertiary/aromatic N) is 1. The highest BCUT2D eigenvalue weighted by Gasteiger charge is 2.35. The van der Waals surface area contributed by atoms with Gasteiger partial charge in [0.15, 0.2) is 0 Å². The number of benzene rings is 1. The van der Waals surface area contributed by atoms with Crippen molar-refractivity contribution >= 4 is 11.3 Å². The van der Waals surface area contributed by atoms with Gasteiger partial charge < -0.3 is 10.7 Å². The van der Waals surface area contributed by atoms with Gasteiger partial charge in [0.05, 0.1) is 11.6 Å². The van der Waals surface area contributed by atoms with E-state index in [0.29, 0.717) is 5.71 Å². The second-order valence-electron chi connectivity index (χ2n) is 4.02. The van der Waals surface area contributed by atoms with Crippen molar-refractivity contribution in [1.82, 2.24) is 0 Å². The Morgan fingerprint density at radius 3 is 2.59 bits per heavy atom. The van der Waals surface area contributed by atoms with Crippen LogP contribution in [0.2, 0.25) is 0 Å². The molecule has 3 heteroatoms. The van der Waals surface area contributed by atoms with Gasteiger partial charge in [-0.05, 0) is 16.7 Å². The lowest BCUT2D eigenvalue weighted by Crippen LogP contribution is -2.12. The van der Waals surface area contributed by atoms with Crippen molar-refractivity contribution in [3.63, 3.8) is 0 Å². The molecule has 1 unspecified atom stereocenters. The maximum atomic E-state index is 9.17. The first-order valence-corrected chi connectivity index (χ1v) is 5.21. The molecule has 0 fully saturated rings. The van der Waals surface area contributed by atoms with E-state index in [9.17, 15) is 0 Å². The van der Waals surface area contributed by atoms with Gasteiger partial charge in [0.25, 0.3) is 0 Å². The van der Waals surface area contributed by atoms with Crippen molar-refractivity contribution in [2.24, 2.45) is 11.1 Å². The molecule has 1 aromatic rings. The van der Waals surface area contributed by atoms with Gasteiger partial charge in [-0.2, -0.15) is 0 Å². The van der Waals surface area contributed by atoms with E-state index in [2.05, 4.69) is 23.9 Å². The van der Waals surface area contributed by atoms with Crippen LogP contribution < -0.4 is 0 Å². The van der Waals surface area contributed by atoms with Crippen LogP contribution in [0, 0.1) is 5.92 Å². The van der Waals surface area contributed by atoms with Crippen LogP contribution in [0.3, 0.4) is 0 Å². The van der Waals surface area contributed by atoms with Gasteiger partial charge in [0, 0.05) is 5.56 Å². The van der Waals surface area contributed by atoms with Crippen LogP contribution in [0.1, 0.15) is 11.1 Å². The van der Waals surface area contributed by atoms with Gasteiger partial charge in [-0.1, -0.05) is 54.2 Å². The summed E-state index contributed by atoms with van der Waals surface area (Å²) in [5.74, 6) is 0.0207. The highest BCUT2D eigenvalue weighted by molar-refractivity contribution is 6.19. The summed E-state index contributed by atoms with van der Waals surface area (Å²) in [4.78, 5) is 0. The fourth-order valence-corrected chi connectivity index (χ4v) is 2.46. The topological polar surface area (TPSA) is 64.1 Å². The molecule has 3 nitrogen and oxygen atoms in total. The zero-order valence-corrected chi connectivity index (χ0v) is 9.22. The Labute approximate surface area is 99.4 Å². The molecule has 0 radical (unpaired) electrons. The van der Waals surface area contributed by atoms with Gasteiger partial charge in [0.1, 0.15) is 0 Å². The summed E-state index contributed by atoms with van der Waals surface area (Å²) >= 11 is 0. The maximum Gasteiger partial charge on any atom is 0.0992 e. The second-order valence-corrected chi connectivity index (χ2v) is 4.02. The van der Waals surface area contributed by atoms with Crippen LogP contribution in [-0.4, -0.2) is 16.4 Å². The summed E-state index contributed by atoms with van der Waals surface area (Å²) in [6.45, 7) is 4.02. The average Bonchev–Trinajstić information content (AvgIpc) is 2.65. The first-order valence-electron chi connectivity index (χ1n) is 5.21. The monoisotopic (exact) mass is 227 g/mol. The SMILES string of the molecule is C=C1C=CC=C2c3ccccc3C(=NO)C12.O. The predicted molar refractivity (Wildman–Crippen MR) is 68.1 cm³/mol. The summed E-state index contributed by atoms with van der Waals surface area (Å²) in [6.07, 6.45) is 6.02. The zero-order chi connectivity index (χ0) is 11.1. The molecule has 3 rings (SSSR count). The van der Waals surface area contributed by atoms with Crippen molar-refractivity contribution in [1.29, 1.82) is 0 Å². The Hall–Kier alpha value is -2.13. The van der Waals surface area contributed by atoms with Gasteiger partial charge in [0.2, 0.25) is 0 Å². The minimum Gasteiger partial charge on any atom is -0.412 e. The quantitative estimate of drug-likeness (QED) is 0.535. The smallest absolute Gasteiger partial charge is 0.0992 e. The van der Waals surface area contributed by atoms with Crippen LogP contribution in [0.4, 0.5) is 0 Å². The summed E-state index contributed by atoms with van der Waals surface area (Å²) in [5, 5.41) is 12.6. The summed E-state index contributed by atoms with van der Waals surface area (Å²) in [7, 11) is 0. The van der Waals surface area contributed by atoms with Crippen molar-refractivity contribution in [3.8, 4) is 0 Å². The average molecular weight is 227 g/mol. The minimum absolute atomic E-state index is 0. The largest absolute Gasteiger partial charge is 0.412 e. The lowest BCUT2D eigenvalue weighted by Gasteiger charge is -2.16. The Morgan fingerprint density at radius 1 is 1.18 bits per heavy atom. The first kappa shape index (κ1) is 11.4. The third kappa shape index (κ3) is 1.44. The summed E-state index contributed by atoms with van der Waals surface area (Å²) in [5.41, 5.74) is 5.01. The molecule has 2 aliphatic rings. The second kappa shape index (κ2) is 4.03. The molecule has 86 valence electrons. The lowest BCUT2D eigenvalue weighted by atomic mass is 9.88. The number of allylic oxidation sites excluding steroid dienone is 5. The third-order valence-electron chi connectivity index (χ3n) is 3.16. The van der Waals surface area contributed by atoms with Crippen molar-refractivity contribution < 1.29 is 10.7 Å². The number of hydrogen-bond acceptors (Lipinski definition) is 2. The number of rotatable bonds is 0. The highest BCUT2D eigenvalue weighted by Crippen LogP contribution is 2.42. The molecular formula is C14H13NO2. The summed E-state index contributed by atoms with van der Waals surface area (Å²) in [6, 6.07) is 7.99. The summed E-state index contributed by atoms with van der Waals surface area (Å²) < 4.78 is 0. The Bertz CT molecular complexity index is 567. The van der Waals surface area contributed by atoms with Crippen molar-refractivity contribution in [2.75, 3.05) is 0 Å². The Kier molecular flexibility index (Phi) is 2.69. The molecule has 2 aliphatic carbocycles. The van der Waals surface area contributed by atoms with Gasteiger partial charge >= 0.3 is 0 Å². The van der Waals surface area contributed by atoms with Gasteiger partial charge in [-0.15, -0.1) is 0 Å². The molecule has 1 atom stereocenters. The third-order valence-corrected chi connectivity index (χ3v) is 3.16. The molecule has 0 spiro atoms. The van der Waals surface area contributed by atoms with E-state index in [0.717, 1.165) is 16.7 Å². The fraction of sp³-hybridized carbons (Fsp3) is 0.0714. The zero-order valence-electron chi connectivity index (χ0n) is 9.22. The molecule has 3 N–H and O–H groups in total. The van der Waals surface area contributed by atoms with E-state index < -0.39 is 0 Å². The van der Waals surface area contributed by atoms with Crippen LogP contribution in [-0.2, 0) is 0 Å². The van der Waals surface area contributed by atoms with Crippen LogP contribution >= 0.6 is 0 Å². The molecule has 0 saturated carbocycles. The standard InChI is InChI=1S/C14H11NO.H2O/c1-9-5-4-8-11-10-6-2-3-7-12(10)14(15-16)13(9)11;/h2-8,13,16H,1H2;1H2. The Balaban J connectivity index is 0.00000108. The molecule has 17 heavy (non-hydrogen) atoms. The maximum absolute atomic E-state index is 9.17. The van der Waals surface area contributed by atoms with E-state index >= 15 is 0 Å². The van der Waals surface area contributed by atoms with E-state index in [-0.39, 0.29) is 11.4 Å². The molecule has 0 aromatic heterocycles. The fourth-order valence-electron chi connectivity index (χ4n) is 2.46. The normalized spacial score (nSPS) is 22.8. The van der Waals surface area contributed by atoms with Gasteiger partial charge in [-0.3, -0.25) is 0 Å². The number of hydrogen-bond donors (Lipinski definition) is 1. The Morgan fingerprint density at radius 2 is 1.88 bits per heavy atom. The first-order chi connectivity index (χ1) is 7.83. The molecule has 1 aromatic carbocycles. The van der Waals surface area contributed by atoms with Crippen LogP contribution in [0.15, 0.2) is 59.8 Å². The molecule has 0 saturated heterocycles. The van der Waals surface area contributed by atoms with Gasteiger partial charge in [-0.25, -0.2) is 0 Å². The molecule has 0 aliphatic heterocycles. The van der Waals surface area contributed by atoms with E-state index in [1.165, 1.54) is 5.57 Å². The van der Waals surface area contributed by atoms with E-state index in [1.807, 2.05) is 30.4 Å².